The number of unbranched alkanes of at least 4 members (excludes halogenated alkanes) is 9. The fraction of sp³-hybridized carbons (Fsp3) is 0.815. The molecule has 1 aliphatic heterocycles. The second kappa shape index (κ2) is 18.4. The van der Waals surface area contributed by atoms with Gasteiger partial charge in [-0.2, -0.15) is 0 Å². The minimum Gasteiger partial charge on any atom is -0.387 e. The molecule has 13 nitrogen and oxygen atoms in total. The van der Waals surface area contributed by atoms with Crippen molar-refractivity contribution >= 4 is 25.9 Å². The number of nitrogens with one attached hydrogen (secondary N) is 2. The van der Waals surface area contributed by atoms with Gasteiger partial charge in [0, 0.05) is 25.8 Å². The number of phosphoric acid groups is 1. The maximum absolute atomic E-state index is 12.7. The van der Waals surface area contributed by atoms with Crippen LogP contribution in [0.25, 0.3) is 0 Å². The van der Waals surface area contributed by atoms with Crippen molar-refractivity contribution in [1.29, 1.82) is 0 Å². The Hall–Kier alpha value is -1.48. The van der Waals surface area contributed by atoms with Crippen LogP contribution in [0.15, 0.2) is 17.1 Å². The fourth-order valence-electron chi connectivity index (χ4n) is 4.52. The van der Waals surface area contributed by atoms with Gasteiger partial charge < -0.3 is 29.9 Å². The number of hydrogen-bond donors (Lipinski definition) is 5. The second-order valence-corrected chi connectivity index (χ2v) is 12.5. The molecule has 0 aromatic carbocycles. The highest BCUT2D eigenvalue weighted by molar-refractivity contribution is 7.71. The number of H-pyrrole nitrogens is 1. The minimum atomic E-state index is -5.14. The third-order valence-corrected chi connectivity index (χ3v) is 7.98. The molecule has 3 unspecified atom stereocenters. The summed E-state index contributed by atoms with van der Waals surface area (Å²) in [5, 5.41) is 24.1. The van der Waals surface area contributed by atoms with E-state index in [4.69, 9.17) is 33.5 Å². The van der Waals surface area contributed by atoms with Crippen LogP contribution in [0.2, 0.25) is 0 Å². The molecule has 1 saturated heterocycles. The Labute approximate surface area is 255 Å². The Kier molecular flexibility index (Phi) is 14.6. The first-order valence-corrected chi connectivity index (χ1v) is 16.4. The summed E-state index contributed by atoms with van der Waals surface area (Å²) >= 11 is 5.07. The lowest BCUT2D eigenvalue weighted by Crippen LogP contribution is -2.44. The molecule has 0 spiro atoms. The van der Waals surface area contributed by atoms with Crippen LogP contribution in [-0.4, -0.2) is 80.8 Å². The van der Waals surface area contributed by atoms with Gasteiger partial charge in [-0.25, -0.2) is 4.57 Å². The van der Waals surface area contributed by atoms with E-state index in [-0.39, 0.29) is 11.4 Å². The van der Waals surface area contributed by atoms with E-state index in [0.717, 1.165) is 36.8 Å². The quantitative estimate of drug-likeness (QED) is 0.0754. The number of aliphatic hydroxyl groups is 2. The monoisotopic (exact) mass is 639 g/mol. The molecular formula is C27H48N3O10PS. The van der Waals surface area contributed by atoms with E-state index in [1.807, 2.05) is 0 Å². The van der Waals surface area contributed by atoms with E-state index in [1.165, 1.54) is 58.1 Å². The van der Waals surface area contributed by atoms with E-state index in [2.05, 4.69) is 17.2 Å². The van der Waals surface area contributed by atoms with Crippen LogP contribution in [-0.2, 0) is 27.9 Å². The second-order valence-electron chi connectivity index (χ2n) is 10.7. The van der Waals surface area contributed by atoms with Crippen molar-refractivity contribution in [3.63, 3.8) is 0 Å². The number of hydrogen-bond acceptors (Lipinski definition) is 10. The van der Waals surface area contributed by atoms with E-state index in [1.54, 1.807) is 0 Å². The Morgan fingerprint density at radius 2 is 1.83 bits per heavy atom. The zero-order chi connectivity index (χ0) is 33.0. The van der Waals surface area contributed by atoms with Gasteiger partial charge >= 0.3 is 7.82 Å². The molecule has 1 aliphatic rings. The van der Waals surface area contributed by atoms with Crippen LogP contribution >= 0.6 is 20.0 Å². The van der Waals surface area contributed by atoms with Gasteiger partial charge in [0.15, 0.2) is 11.0 Å². The van der Waals surface area contributed by atoms with Gasteiger partial charge in [-0.1, -0.05) is 64.7 Å². The lowest BCUT2D eigenvalue weighted by Gasteiger charge is -2.28. The Balaban J connectivity index is 1.86. The summed E-state index contributed by atoms with van der Waals surface area (Å²) in [4.78, 5) is 35.8. The summed E-state index contributed by atoms with van der Waals surface area (Å²) in [6, 6.07) is 0.258. The van der Waals surface area contributed by atoms with Crippen molar-refractivity contribution in [2.24, 2.45) is 0 Å². The van der Waals surface area contributed by atoms with Crippen LogP contribution in [0.5, 0.6) is 0 Å². The average molecular weight is 640 g/mol. The molecule has 42 heavy (non-hydrogen) atoms. The number of aromatic amines is 1. The SMILES string of the molecule is [2H]C([2H])(OP(=O)(O)OCC(COCCCCCCCCCCCC)NC(C)=O)[C@H]1O[C@@H](n2ccc(=O)[nH]c2=S)C(C)(O)[C@H]1O. The number of aliphatic hydroxyl groups excluding tert-OH is 1. The third-order valence-electron chi connectivity index (χ3n) is 6.86. The molecule has 1 aromatic heterocycles. The van der Waals surface area contributed by atoms with Crippen molar-refractivity contribution in [2.45, 2.75) is 115 Å². The summed E-state index contributed by atoms with van der Waals surface area (Å²) < 4.78 is 51.0. The van der Waals surface area contributed by atoms with Crippen molar-refractivity contribution in [3.8, 4) is 0 Å². The first-order valence-electron chi connectivity index (χ1n) is 15.5. The molecule has 0 bridgehead atoms. The molecule has 15 heteroatoms. The highest BCUT2D eigenvalue weighted by Crippen LogP contribution is 2.45. The van der Waals surface area contributed by atoms with Gasteiger partial charge in [-0.3, -0.25) is 28.2 Å². The van der Waals surface area contributed by atoms with Gasteiger partial charge in [-0.15, -0.1) is 0 Å². The lowest BCUT2D eigenvalue weighted by molar-refractivity contribution is -0.120. The molecular weight excluding hydrogens is 589 g/mol. The van der Waals surface area contributed by atoms with Crippen molar-refractivity contribution in [3.05, 3.63) is 27.4 Å². The van der Waals surface area contributed by atoms with E-state index in [9.17, 15) is 29.3 Å². The fourth-order valence-corrected chi connectivity index (χ4v) is 5.44. The summed E-state index contributed by atoms with van der Waals surface area (Å²) in [6.45, 7) is 1.34. The average Bonchev–Trinajstić information content (AvgIpc) is 3.16. The largest absolute Gasteiger partial charge is 0.472 e. The predicted octanol–water partition coefficient (Wildman–Crippen LogP) is 3.49. The Bertz CT molecular complexity index is 1200. The first-order chi connectivity index (χ1) is 20.6. The van der Waals surface area contributed by atoms with Gasteiger partial charge in [0.25, 0.3) is 5.56 Å². The zero-order valence-electron chi connectivity index (χ0n) is 26.7. The molecule has 242 valence electrons. The molecule has 1 fully saturated rings. The lowest BCUT2D eigenvalue weighted by atomic mass is 9.96. The van der Waals surface area contributed by atoms with Crippen molar-refractivity contribution in [2.75, 3.05) is 26.4 Å². The van der Waals surface area contributed by atoms with Crippen LogP contribution in [0, 0.1) is 4.77 Å². The van der Waals surface area contributed by atoms with Crippen LogP contribution < -0.4 is 10.9 Å². The number of ether oxygens (including phenoxy) is 2. The number of rotatable bonds is 21. The first kappa shape index (κ1) is 33.4. The van der Waals surface area contributed by atoms with Gasteiger partial charge in [0.2, 0.25) is 5.91 Å². The standard InChI is InChI=1S/C27H48N3O10PS/c1-4-5-6-7-8-9-10-11-12-13-16-37-17-21(28-20(2)31)18-38-41(35,36)39-19-22-24(33)27(3,34)25(40-22)30-15-14-23(32)29-26(30)42/h14-15,21-22,24-25,33-34H,4-13,16-19H2,1-3H3,(H,28,31)(H,35,36)(H,29,32,42)/t21?,22-,24+,25-,27?/m1/s1/i19D2. The van der Waals surface area contributed by atoms with E-state index >= 15 is 0 Å². The van der Waals surface area contributed by atoms with Crippen LogP contribution in [0.1, 0.15) is 93.9 Å². The summed E-state index contributed by atoms with van der Waals surface area (Å²) in [7, 11) is -5.14. The van der Waals surface area contributed by atoms with Gasteiger partial charge in [-0.05, 0) is 25.6 Å². The summed E-state index contributed by atoms with van der Waals surface area (Å²) in [5.74, 6) is -0.429. The van der Waals surface area contributed by atoms with Crippen molar-refractivity contribution in [1.82, 2.24) is 14.9 Å². The topological polar surface area (TPSA) is 182 Å². The molecule has 6 atom stereocenters. The van der Waals surface area contributed by atoms with Crippen LogP contribution in [0.4, 0.5) is 0 Å². The van der Waals surface area contributed by atoms with Crippen molar-refractivity contribution < 1.29 is 45.7 Å². The number of aromatic nitrogens is 2. The highest BCUT2D eigenvalue weighted by atomic mass is 32.1. The third kappa shape index (κ3) is 12.6. The van der Waals surface area contributed by atoms with Crippen LogP contribution in [0.3, 0.4) is 0 Å². The highest BCUT2D eigenvalue weighted by Gasteiger charge is 2.53. The molecule has 1 aromatic rings. The molecule has 0 saturated carbocycles. The van der Waals surface area contributed by atoms with Gasteiger partial charge in [0.05, 0.1) is 28.6 Å². The summed E-state index contributed by atoms with van der Waals surface area (Å²) in [5.41, 5.74) is -2.68. The molecule has 0 aliphatic carbocycles. The van der Waals surface area contributed by atoms with Gasteiger partial charge in [0.1, 0.15) is 17.8 Å². The predicted molar refractivity (Wildman–Crippen MR) is 158 cm³/mol. The molecule has 0 radical (unpaired) electrons. The molecule has 2 heterocycles. The maximum Gasteiger partial charge on any atom is 0.472 e. The number of carbonyl (C=O) groups is 1. The maximum atomic E-state index is 12.7. The van der Waals surface area contributed by atoms with E-state index < -0.39 is 62.5 Å². The number of phosphoric ester groups is 1. The molecule has 2 rings (SSSR count). The number of amides is 1. The molecule has 1 amide bonds. The Morgan fingerprint density at radius 3 is 2.43 bits per heavy atom. The zero-order valence-corrected chi connectivity index (χ0v) is 26.4. The number of carbonyl (C=O) groups excluding carboxylic acids is 1. The Morgan fingerprint density at radius 1 is 1.21 bits per heavy atom. The smallest absolute Gasteiger partial charge is 0.387 e. The minimum absolute atomic E-state index is 0.0152. The van der Waals surface area contributed by atoms with E-state index in [0.29, 0.717) is 6.61 Å². The molecule has 5 N–H and O–H groups in total. The summed E-state index contributed by atoms with van der Waals surface area (Å²) in [6.07, 6.45) is 7.48. The number of nitrogens with zero attached hydrogens (tertiary/aromatic N) is 1. The normalized spacial score (nSPS) is 25.4.